The Morgan fingerprint density at radius 1 is 1.07 bits per heavy atom. The van der Waals surface area contributed by atoms with Crippen LogP contribution in [-0.4, -0.2) is 64.1 Å². The van der Waals surface area contributed by atoms with Gasteiger partial charge in [-0.1, -0.05) is 43.7 Å². The Morgan fingerprint density at radius 3 is 2.59 bits per heavy atom. The van der Waals surface area contributed by atoms with Gasteiger partial charge in [0.1, 0.15) is 6.04 Å². The molecule has 2 aromatic carbocycles. The van der Waals surface area contributed by atoms with Crippen LogP contribution in [0.4, 0.5) is 0 Å². The Kier molecular flexibility index (Phi) is 9.05. The van der Waals surface area contributed by atoms with E-state index in [1.54, 1.807) is 21.9 Å². The average Bonchev–Trinajstić information content (AvgIpc) is 3.26. The van der Waals surface area contributed by atoms with Gasteiger partial charge in [0.15, 0.2) is 6.29 Å². The average molecular weight is 561 g/mol. The van der Waals surface area contributed by atoms with Crippen molar-refractivity contribution in [3.8, 4) is 0 Å². The first-order chi connectivity index (χ1) is 19.9. The van der Waals surface area contributed by atoms with Gasteiger partial charge >= 0.3 is 0 Å². The molecule has 0 spiro atoms. The summed E-state index contributed by atoms with van der Waals surface area (Å²) in [7, 11) is 0. The monoisotopic (exact) mass is 560 g/mol. The number of rotatable bonds is 10. The van der Waals surface area contributed by atoms with Gasteiger partial charge in [0.25, 0.3) is 5.91 Å². The van der Waals surface area contributed by atoms with E-state index in [1.165, 1.54) is 0 Å². The second kappa shape index (κ2) is 12.9. The Balaban J connectivity index is 1.34. The lowest BCUT2D eigenvalue weighted by Crippen LogP contribution is -2.58. The summed E-state index contributed by atoms with van der Waals surface area (Å²) < 4.78 is 7.73. The summed E-state index contributed by atoms with van der Waals surface area (Å²) in [6, 6.07) is 15.1. The first-order valence-electron chi connectivity index (χ1n) is 14.7. The number of carbonyl (C=O) groups is 3. The third kappa shape index (κ3) is 6.31. The van der Waals surface area contributed by atoms with Gasteiger partial charge in [-0.2, -0.15) is 0 Å². The van der Waals surface area contributed by atoms with Gasteiger partial charge in [-0.3, -0.25) is 14.4 Å². The maximum atomic E-state index is 13.2. The fourth-order valence-corrected chi connectivity index (χ4v) is 5.71. The second-order valence-electron chi connectivity index (χ2n) is 11.0. The highest BCUT2D eigenvalue weighted by molar-refractivity contribution is 5.95. The third-order valence-electron chi connectivity index (χ3n) is 8.22. The number of unbranched alkanes of at least 4 members (excludes halogenated alkanes) is 1. The van der Waals surface area contributed by atoms with Crippen LogP contribution in [0.15, 0.2) is 48.5 Å². The quantitative estimate of drug-likeness (QED) is 0.368. The normalized spacial score (nSPS) is 19.7. The molecule has 0 radical (unpaired) electrons. The molecule has 2 unspecified atom stereocenters. The molecule has 41 heavy (non-hydrogen) atoms. The Labute approximate surface area is 241 Å². The van der Waals surface area contributed by atoms with Crippen molar-refractivity contribution < 1.29 is 24.0 Å². The topological polar surface area (TPSA) is 93.1 Å². The molecule has 0 bridgehead atoms. The van der Waals surface area contributed by atoms with Gasteiger partial charge < -0.3 is 19.1 Å². The minimum atomic E-state index is -0.516. The first-order valence-corrected chi connectivity index (χ1v) is 14.7. The molecule has 3 heterocycles. The number of hydrogen-bond donors (Lipinski definition) is 1. The zero-order valence-electron chi connectivity index (χ0n) is 24.2. The molecule has 2 aliphatic heterocycles. The van der Waals surface area contributed by atoms with E-state index in [4.69, 9.17) is 9.57 Å². The van der Waals surface area contributed by atoms with E-state index in [9.17, 15) is 14.4 Å². The summed E-state index contributed by atoms with van der Waals surface area (Å²) in [4.78, 5) is 47.8. The SMILES string of the molecule is CCCCN1CC(=O)N(Cc2c(C)c3ccccc3n2Cc2ccc(C(=O)NOC3CCCCO3)cc2)C(C)C1=O. The zero-order valence-corrected chi connectivity index (χ0v) is 24.2. The number of benzene rings is 2. The summed E-state index contributed by atoms with van der Waals surface area (Å²) in [5.74, 6) is -0.337. The van der Waals surface area contributed by atoms with Gasteiger partial charge in [-0.25, -0.2) is 10.3 Å². The maximum Gasteiger partial charge on any atom is 0.274 e. The van der Waals surface area contributed by atoms with Crippen LogP contribution in [0.25, 0.3) is 10.9 Å². The highest BCUT2D eigenvalue weighted by atomic mass is 16.8. The Hall–Kier alpha value is -3.69. The number of amides is 3. The van der Waals surface area contributed by atoms with Crippen molar-refractivity contribution >= 4 is 28.6 Å². The fraction of sp³-hybridized carbons (Fsp3) is 0.469. The van der Waals surface area contributed by atoms with Crippen LogP contribution in [-0.2, 0) is 32.3 Å². The molecule has 2 fully saturated rings. The van der Waals surface area contributed by atoms with Crippen LogP contribution in [0.1, 0.15) is 73.1 Å². The number of hydrogen-bond acceptors (Lipinski definition) is 5. The summed E-state index contributed by atoms with van der Waals surface area (Å²) >= 11 is 0. The third-order valence-corrected chi connectivity index (χ3v) is 8.22. The highest BCUT2D eigenvalue weighted by Gasteiger charge is 2.37. The van der Waals surface area contributed by atoms with Crippen molar-refractivity contribution in [2.45, 2.75) is 78.3 Å². The van der Waals surface area contributed by atoms with E-state index in [2.05, 4.69) is 36.0 Å². The van der Waals surface area contributed by atoms with Crippen molar-refractivity contribution in [1.29, 1.82) is 0 Å². The molecule has 5 rings (SSSR count). The zero-order chi connectivity index (χ0) is 28.9. The first kappa shape index (κ1) is 28.8. The van der Waals surface area contributed by atoms with Gasteiger partial charge in [-0.15, -0.1) is 0 Å². The van der Waals surface area contributed by atoms with Gasteiger partial charge in [0.05, 0.1) is 13.1 Å². The van der Waals surface area contributed by atoms with Crippen molar-refractivity contribution in [1.82, 2.24) is 19.8 Å². The number of ether oxygens (including phenoxy) is 1. The van der Waals surface area contributed by atoms with Gasteiger partial charge in [-0.05, 0) is 62.4 Å². The van der Waals surface area contributed by atoms with Gasteiger partial charge in [0.2, 0.25) is 11.8 Å². The van der Waals surface area contributed by atoms with Crippen molar-refractivity contribution in [3.05, 3.63) is 70.9 Å². The molecule has 3 amide bonds. The van der Waals surface area contributed by atoms with Crippen LogP contribution in [0.5, 0.6) is 0 Å². The highest BCUT2D eigenvalue weighted by Crippen LogP contribution is 2.29. The van der Waals surface area contributed by atoms with Gasteiger partial charge in [0, 0.05) is 48.3 Å². The molecule has 1 aromatic heterocycles. The van der Waals surface area contributed by atoms with Crippen molar-refractivity contribution in [3.63, 3.8) is 0 Å². The molecular weight excluding hydrogens is 520 g/mol. The molecule has 2 aliphatic rings. The molecule has 218 valence electrons. The van der Waals surface area contributed by atoms with Crippen LogP contribution in [0.2, 0.25) is 0 Å². The Morgan fingerprint density at radius 2 is 1.85 bits per heavy atom. The molecule has 9 heteroatoms. The lowest BCUT2D eigenvalue weighted by molar-refractivity contribution is -0.186. The molecule has 2 atom stereocenters. The summed E-state index contributed by atoms with van der Waals surface area (Å²) in [6.07, 6.45) is 4.25. The van der Waals surface area contributed by atoms with E-state index in [0.717, 1.165) is 59.8 Å². The molecular formula is C32H40N4O5. The molecule has 9 nitrogen and oxygen atoms in total. The predicted octanol–water partition coefficient (Wildman–Crippen LogP) is 4.55. The number of nitrogens with zero attached hydrogens (tertiary/aromatic N) is 3. The van der Waals surface area contributed by atoms with Crippen molar-refractivity contribution in [2.24, 2.45) is 0 Å². The van der Waals surface area contributed by atoms with Crippen molar-refractivity contribution in [2.75, 3.05) is 19.7 Å². The van der Waals surface area contributed by atoms with E-state index < -0.39 is 12.3 Å². The number of fused-ring (bicyclic) bond motifs is 1. The summed E-state index contributed by atoms with van der Waals surface area (Å²) in [5, 5.41) is 1.12. The van der Waals surface area contributed by atoms with Crippen LogP contribution < -0.4 is 5.48 Å². The summed E-state index contributed by atoms with van der Waals surface area (Å²) in [5.41, 5.74) is 7.19. The van der Waals surface area contributed by atoms with Crippen LogP contribution in [0, 0.1) is 6.92 Å². The number of carbonyl (C=O) groups excluding carboxylic acids is 3. The number of para-hydroxylation sites is 1. The second-order valence-corrected chi connectivity index (χ2v) is 11.0. The fourth-order valence-electron chi connectivity index (χ4n) is 5.71. The smallest absolute Gasteiger partial charge is 0.274 e. The number of nitrogens with one attached hydrogen (secondary N) is 1. The predicted molar refractivity (Wildman–Crippen MR) is 156 cm³/mol. The Bertz CT molecular complexity index is 1390. The standard InChI is InChI=1S/C32H40N4O5/c1-4-5-17-34-21-29(37)35(23(3)32(34)39)20-28-22(2)26-10-6-7-11-27(26)36(28)19-24-13-15-25(16-14-24)31(38)33-41-30-12-8-9-18-40-30/h6-7,10-11,13-16,23,30H,4-5,8-9,12,17-21H2,1-3H3,(H,33,38). The molecule has 0 saturated carbocycles. The lowest BCUT2D eigenvalue weighted by Gasteiger charge is -2.39. The van der Waals surface area contributed by atoms with Crippen LogP contribution >= 0.6 is 0 Å². The van der Waals surface area contributed by atoms with E-state index in [-0.39, 0.29) is 24.3 Å². The lowest BCUT2D eigenvalue weighted by atomic mass is 10.1. The van der Waals surface area contributed by atoms with E-state index >= 15 is 0 Å². The molecule has 1 N–H and O–H groups in total. The number of aryl methyl sites for hydroxylation is 1. The van der Waals surface area contributed by atoms with Crippen LogP contribution in [0.3, 0.4) is 0 Å². The minimum absolute atomic E-state index is 0.00579. The largest absolute Gasteiger partial charge is 0.350 e. The minimum Gasteiger partial charge on any atom is -0.350 e. The molecule has 2 saturated heterocycles. The van der Waals surface area contributed by atoms with E-state index in [1.807, 2.05) is 31.2 Å². The maximum absolute atomic E-state index is 13.2. The molecule has 3 aromatic rings. The van der Waals surface area contributed by atoms with E-state index in [0.29, 0.717) is 31.8 Å². The number of hydroxylamine groups is 1. The number of aromatic nitrogens is 1. The number of piperazine rings is 1. The summed E-state index contributed by atoms with van der Waals surface area (Å²) in [6.45, 7) is 8.29. The molecule has 0 aliphatic carbocycles.